The van der Waals surface area contributed by atoms with Crippen molar-refractivity contribution >= 4 is 6.09 Å². The molecule has 0 aliphatic carbocycles. The van der Waals surface area contributed by atoms with Gasteiger partial charge in [-0.3, -0.25) is 14.9 Å². The van der Waals surface area contributed by atoms with E-state index in [0.717, 1.165) is 0 Å². The molecule has 0 saturated carbocycles. The Morgan fingerprint density at radius 3 is 2.69 bits per heavy atom. The summed E-state index contributed by atoms with van der Waals surface area (Å²) in [5.74, 6) is 0. The number of aromatic nitrogens is 2. The smallest absolute Gasteiger partial charge is 0.411 e. The van der Waals surface area contributed by atoms with Crippen LogP contribution in [-0.2, 0) is 4.74 Å². The number of carbonyl (C=O) groups excluding carboxylic acids is 1. The molecule has 1 aromatic heterocycles. The van der Waals surface area contributed by atoms with E-state index in [-0.39, 0.29) is 24.3 Å². The van der Waals surface area contributed by atoms with Crippen LogP contribution in [0.25, 0.3) is 0 Å². The monoisotopic (exact) mass is 221 g/mol. The molecule has 1 amide bonds. The summed E-state index contributed by atoms with van der Waals surface area (Å²) < 4.78 is 5.32. The van der Waals surface area contributed by atoms with Crippen LogP contribution in [0.1, 0.15) is 32.6 Å². The summed E-state index contributed by atoms with van der Waals surface area (Å²) >= 11 is 0. The number of nitrogens with zero attached hydrogens (tertiary/aromatic N) is 3. The zero-order chi connectivity index (χ0) is 11.7. The molecule has 0 unspecified atom stereocenters. The molecule has 1 aliphatic heterocycles. The Morgan fingerprint density at radius 1 is 1.44 bits per heavy atom. The molecule has 1 aliphatic rings. The van der Waals surface area contributed by atoms with Gasteiger partial charge in [0.1, 0.15) is 5.69 Å². The van der Waals surface area contributed by atoms with Crippen molar-refractivity contribution in [3.05, 3.63) is 24.3 Å². The van der Waals surface area contributed by atoms with E-state index >= 15 is 0 Å². The van der Waals surface area contributed by atoms with Crippen LogP contribution in [0.15, 0.2) is 18.6 Å². The molecule has 0 aromatic carbocycles. The quantitative estimate of drug-likeness (QED) is 0.763. The van der Waals surface area contributed by atoms with Crippen LogP contribution in [0.3, 0.4) is 0 Å². The zero-order valence-electron chi connectivity index (χ0n) is 9.62. The maximum absolute atomic E-state index is 11.7. The van der Waals surface area contributed by atoms with Gasteiger partial charge in [0.2, 0.25) is 0 Å². The molecule has 1 aromatic rings. The third kappa shape index (κ3) is 1.73. The Labute approximate surface area is 94.5 Å². The number of carbonyl (C=O) groups is 1. The highest BCUT2D eigenvalue weighted by atomic mass is 16.6. The standard InChI is InChI=1S/C11H15N3O2/c1-7(2)14-8(3)10(16-11(14)15)9-6-12-4-5-13-9/h4-8,10H,1-3H3/t8-,10+/m0/s1. The summed E-state index contributed by atoms with van der Waals surface area (Å²) in [5, 5.41) is 0. The number of ether oxygens (including phenoxy) is 1. The van der Waals surface area contributed by atoms with Crippen molar-refractivity contribution in [1.29, 1.82) is 0 Å². The van der Waals surface area contributed by atoms with Gasteiger partial charge >= 0.3 is 6.09 Å². The van der Waals surface area contributed by atoms with Gasteiger partial charge in [-0.15, -0.1) is 0 Å². The lowest BCUT2D eigenvalue weighted by Gasteiger charge is -2.23. The van der Waals surface area contributed by atoms with Crippen LogP contribution in [0.4, 0.5) is 4.79 Å². The molecule has 16 heavy (non-hydrogen) atoms. The highest BCUT2D eigenvalue weighted by Crippen LogP contribution is 2.31. The van der Waals surface area contributed by atoms with E-state index in [4.69, 9.17) is 4.74 Å². The van der Waals surface area contributed by atoms with Crippen molar-refractivity contribution in [3.8, 4) is 0 Å². The fourth-order valence-corrected chi connectivity index (χ4v) is 2.03. The van der Waals surface area contributed by atoms with Crippen LogP contribution in [0, 0.1) is 0 Å². The minimum absolute atomic E-state index is 0.0100. The molecule has 2 rings (SSSR count). The molecule has 0 N–H and O–H groups in total. The molecule has 0 radical (unpaired) electrons. The lowest BCUT2D eigenvalue weighted by molar-refractivity contribution is 0.127. The summed E-state index contributed by atoms with van der Waals surface area (Å²) in [7, 11) is 0. The molecule has 86 valence electrons. The molecule has 0 spiro atoms. The average molecular weight is 221 g/mol. The third-order valence-corrected chi connectivity index (χ3v) is 2.75. The lowest BCUT2D eigenvalue weighted by atomic mass is 10.1. The predicted octanol–water partition coefficient (Wildman–Crippen LogP) is 1.77. The van der Waals surface area contributed by atoms with Gasteiger partial charge in [0.15, 0.2) is 6.10 Å². The highest BCUT2D eigenvalue weighted by Gasteiger charge is 2.41. The molecule has 1 fully saturated rings. The van der Waals surface area contributed by atoms with Gasteiger partial charge in [0, 0.05) is 18.4 Å². The van der Waals surface area contributed by atoms with E-state index in [2.05, 4.69) is 9.97 Å². The minimum Gasteiger partial charge on any atom is -0.437 e. The number of amides is 1. The van der Waals surface area contributed by atoms with E-state index in [1.165, 1.54) is 0 Å². The highest BCUT2D eigenvalue weighted by molar-refractivity contribution is 5.71. The summed E-state index contributed by atoms with van der Waals surface area (Å²) in [6, 6.07) is 0.119. The fourth-order valence-electron chi connectivity index (χ4n) is 2.03. The first-order valence-electron chi connectivity index (χ1n) is 5.36. The number of hydrogen-bond acceptors (Lipinski definition) is 4. The Balaban J connectivity index is 2.24. The molecule has 2 heterocycles. The topological polar surface area (TPSA) is 55.3 Å². The van der Waals surface area contributed by atoms with E-state index in [1.807, 2.05) is 20.8 Å². The van der Waals surface area contributed by atoms with Crippen molar-refractivity contribution in [2.75, 3.05) is 0 Å². The van der Waals surface area contributed by atoms with Crippen molar-refractivity contribution in [2.24, 2.45) is 0 Å². The van der Waals surface area contributed by atoms with Gasteiger partial charge in [-0.25, -0.2) is 4.79 Å². The molecule has 1 saturated heterocycles. The van der Waals surface area contributed by atoms with Gasteiger partial charge in [0.05, 0.1) is 12.2 Å². The normalized spacial score (nSPS) is 25.0. The van der Waals surface area contributed by atoms with Gasteiger partial charge in [-0.2, -0.15) is 0 Å². The van der Waals surface area contributed by atoms with E-state index in [9.17, 15) is 4.79 Å². The SMILES string of the molecule is CC(C)N1C(=O)O[C@@H](c2cnccn2)[C@@H]1C. The van der Waals surface area contributed by atoms with E-state index in [0.29, 0.717) is 5.69 Å². The minimum atomic E-state index is -0.316. The second-order valence-corrected chi connectivity index (χ2v) is 4.18. The first-order chi connectivity index (χ1) is 7.61. The Kier molecular flexibility index (Phi) is 2.77. The molecular formula is C11H15N3O2. The number of hydrogen-bond donors (Lipinski definition) is 0. The van der Waals surface area contributed by atoms with Crippen LogP contribution in [0.5, 0.6) is 0 Å². The second-order valence-electron chi connectivity index (χ2n) is 4.18. The Bertz CT molecular complexity index is 380. The Morgan fingerprint density at radius 2 is 2.19 bits per heavy atom. The van der Waals surface area contributed by atoms with Crippen molar-refractivity contribution in [3.63, 3.8) is 0 Å². The van der Waals surface area contributed by atoms with Gasteiger partial charge in [-0.05, 0) is 20.8 Å². The largest absolute Gasteiger partial charge is 0.437 e. The fraction of sp³-hybridized carbons (Fsp3) is 0.545. The molecular weight excluding hydrogens is 206 g/mol. The first-order valence-corrected chi connectivity index (χ1v) is 5.36. The maximum atomic E-state index is 11.7. The molecule has 5 nitrogen and oxygen atoms in total. The lowest BCUT2D eigenvalue weighted by Crippen LogP contribution is -2.37. The van der Waals surface area contributed by atoms with Crippen molar-refractivity contribution < 1.29 is 9.53 Å². The summed E-state index contributed by atoms with van der Waals surface area (Å²) in [6.07, 6.45) is 4.25. The van der Waals surface area contributed by atoms with Crippen LogP contribution in [-0.4, -0.2) is 33.0 Å². The maximum Gasteiger partial charge on any atom is 0.411 e. The van der Waals surface area contributed by atoms with Gasteiger partial charge in [-0.1, -0.05) is 0 Å². The van der Waals surface area contributed by atoms with Crippen LogP contribution < -0.4 is 0 Å². The molecule has 5 heteroatoms. The van der Waals surface area contributed by atoms with Crippen LogP contribution >= 0.6 is 0 Å². The molecule has 2 atom stereocenters. The zero-order valence-corrected chi connectivity index (χ0v) is 9.62. The number of cyclic esters (lactones) is 1. The van der Waals surface area contributed by atoms with Crippen molar-refractivity contribution in [2.45, 2.75) is 39.0 Å². The predicted molar refractivity (Wildman–Crippen MR) is 57.7 cm³/mol. The van der Waals surface area contributed by atoms with Crippen LogP contribution in [0.2, 0.25) is 0 Å². The summed E-state index contributed by atoms with van der Waals surface area (Å²) in [5.41, 5.74) is 0.700. The Hall–Kier alpha value is -1.65. The second kappa shape index (κ2) is 4.08. The van der Waals surface area contributed by atoms with E-state index < -0.39 is 0 Å². The summed E-state index contributed by atoms with van der Waals surface area (Å²) in [4.78, 5) is 21.5. The van der Waals surface area contributed by atoms with E-state index in [1.54, 1.807) is 23.5 Å². The van der Waals surface area contributed by atoms with Gasteiger partial charge in [0.25, 0.3) is 0 Å². The third-order valence-electron chi connectivity index (χ3n) is 2.75. The first kappa shape index (κ1) is 10.9. The molecule has 0 bridgehead atoms. The summed E-state index contributed by atoms with van der Waals surface area (Å²) in [6.45, 7) is 5.90. The van der Waals surface area contributed by atoms with Gasteiger partial charge < -0.3 is 4.74 Å². The number of rotatable bonds is 2. The average Bonchev–Trinajstić information content (AvgIpc) is 2.55. The van der Waals surface area contributed by atoms with Crippen molar-refractivity contribution in [1.82, 2.24) is 14.9 Å².